The quantitative estimate of drug-likeness (QED) is 0.894. The van der Waals surface area contributed by atoms with Gasteiger partial charge in [0, 0.05) is 11.1 Å². The summed E-state index contributed by atoms with van der Waals surface area (Å²) in [5.41, 5.74) is -0.106. The molecule has 0 aromatic heterocycles. The highest BCUT2D eigenvalue weighted by atomic mass is 79.9. The summed E-state index contributed by atoms with van der Waals surface area (Å²) in [5.74, 6) is -1.22. The zero-order valence-electron chi connectivity index (χ0n) is 10.4. The number of ether oxygens (including phenoxy) is 1. The molecular formula is C13H14BrNO4. The highest BCUT2D eigenvalue weighted by Crippen LogP contribution is 2.29. The first kappa shape index (κ1) is 14.0. The van der Waals surface area contributed by atoms with Crippen LogP contribution < -0.4 is 5.32 Å². The van der Waals surface area contributed by atoms with E-state index in [0.717, 1.165) is 6.42 Å². The molecule has 2 rings (SSSR count). The summed E-state index contributed by atoms with van der Waals surface area (Å²) in [6, 6.07) is 4.46. The van der Waals surface area contributed by atoms with Crippen LogP contribution in [0.25, 0.3) is 0 Å². The first-order chi connectivity index (χ1) is 8.92. The second kappa shape index (κ2) is 5.30. The highest BCUT2D eigenvalue weighted by molar-refractivity contribution is 9.10. The third kappa shape index (κ3) is 2.96. The van der Waals surface area contributed by atoms with Crippen molar-refractivity contribution in [3.63, 3.8) is 0 Å². The minimum Gasteiger partial charge on any atom is -0.478 e. The minimum absolute atomic E-state index is 0.160. The maximum atomic E-state index is 12.1. The van der Waals surface area contributed by atoms with Crippen molar-refractivity contribution in [3.8, 4) is 0 Å². The number of hydrogen-bond donors (Lipinski definition) is 2. The maximum Gasteiger partial charge on any atom is 0.335 e. The Hall–Kier alpha value is -1.40. The van der Waals surface area contributed by atoms with E-state index >= 15 is 0 Å². The number of carboxylic acid groups (broad SMARTS) is 1. The summed E-state index contributed by atoms with van der Waals surface area (Å²) in [5, 5.41) is 11.6. The summed E-state index contributed by atoms with van der Waals surface area (Å²) in [7, 11) is 0. The topological polar surface area (TPSA) is 75.6 Å². The first-order valence-corrected chi connectivity index (χ1v) is 6.70. The Morgan fingerprint density at radius 1 is 1.47 bits per heavy atom. The normalized spacial score (nSPS) is 22.2. The zero-order chi connectivity index (χ0) is 14.0. The summed E-state index contributed by atoms with van der Waals surface area (Å²) in [6.45, 7) is 2.35. The molecule has 1 atom stereocenters. The van der Waals surface area contributed by atoms with Crippen molar-refractivity contribution in [1.29, 1.82) is 0 Å². The molecule has 1 aliphatic heterocycles. The molecule has 1 aromatic carbocycles. The van der Waals surface area contributed by atoms with E-state index in [1.165, 1.54) is 12.1 Å². The van der Waals surface area contributed by atoms with E-state index in [-0.39, 0.29) is 11.5 Å². The Balaban J connectivity index is 2.15. The predicted octanol–water partition coefficient (Wildman–Crippen LogP) is 2.65. The molecule has 19 heavy (non-hydrogen) atoms. The molecule has 0 spiro atoms. The van der Waals surface area contributed by atoms with Gasteiger partial charge in [-0.3, -0.25) is 4.79 Å². The third-order valence-corrected chi connectivity index (χ3v) is 3.82. The van der Waals surface area contributed by atoms with Gasteiger partial charge in [0.2, 0.25) is 0 Å². The van der Waals surface area contributed by atoms with E-state index < -0.39 is 11.6 Å². The Morgan fingerprint density at radius 2 is 2.21 bits per heavy atom. The van der Waals surface area contributed by atoms with Gasteiger partial charge >= 0.3 is 5.97 Å². The predicted molar refractivity (Wildman–Crippen MR) is 73.3 cm³/mol. The van der Waals surface area contributed by atoms with Gasteiger partial charge in [-0.2, -0.15) is 0 Å². The fourth-order valence-corrected chi connectivity index (χ4v) is 2.44. The molecule has 1 amide bonds. The van der Waals surface area contributed by atoms with Gasteiger partial charge in [-0.05, 0) is 53.9 Å². The number of carbonyl (C=O) groups excluding carboxylic acids is 1. The van der Waals surface area contributed by atoms with Crippen LogP contribution in [0, 0.1) is 0 Å². The molecule has 1 aliphatic rings. The van der Waals surface area contributed by atoms with Gasteiger partial charge in [0.15, 0.2) is 0 Å². The fraction of sp³-hybridized carbons (Fsp3) is 0.385. The van der Waals surface area contributed by atoms with Crippen molar-refractivity contribution in [3.05, 3.63) is 28.2 Å². The SMILES string of the molecule is CC1(C(=O)Nc2ccc(C(=O)O)cc2Br)CCCO1. The number of rotatable bonds is 3. The van der Waals surface area contributed by atoms with E-state index in [1.54, 1.807) is 13.0 Å². The van der Waals surface area contributed by atoms with E-state index in [0.29, 0.717) is 23.2 Å². The van der Waals surface area contributed by atoms with Crippen LogP contribution in [-0.2, 0) is 9.53 Å². The molecule has 0 radical (unpaired) electrons. The van der Waals surface area contributed by atoms with Crippen LogP contribution in [0.2, 0.25) is 0 Å². The number of carbonyl (C=O) groups is 2. The van der Waals surface area contributed by atoms with E-state index in [4.69, 9.17) is 9.84 Å². The summed E-state index contributed by atoms with van der Waals surface area (Å²) in [6.07, 6.45) is 1.55. The van der Waals surface area contributed by atoms with E-state index in [1.807, 2.05) is 0 Å². The van der Waals surface area contributed by atoms with Crippen molar-refractivity contribution in [2.75, 3.05) is 11.9 Å². The number of carboxylic acids is 1. The van der Waals surface area contributed by atoms with Gasteiger partial charge in [0.05, 0.1) is 11.3 Å². The van der Waals surface area contributed by atoms with Crippen molar-refractivity contribution in [1.82, 2.24) is 0 Å². The molecule has 1 fully saturated rings. The maximum absolute atomic E-state index is 12.1. The van der Waals surface area contributed by atoms with Gasteiger partial charge in [-0.15, -0.1) is 0 Å². The molecule has 1 saturated heterocycles. The van der Waals surface area contributed by atoms with Gasteiger partial charge in [-0.25, -0.2) is 4.79 Å². The Kier molecular flexibility index (Phi) is 3.91. The first-order valence-electron chi connectivity index (χ1n) is 5.91. The molecule has 0 bridgehead atoms. The number of hydrogen-bond acceptors (Lipinski definition) is 3. The molecule has 1 heterocycles. The van der Waals surface area contributed by atoms with Crippen molar-refractivity contribution in [2.45, 2.75) is 25.4 Å². The van der Waals surface area contributed by atoms with Crippen LogP contribution in [0.3, 0.4) is 0 Å². The second-order valence-corrected chi connectivity index (χ2v) is 5.49. The molecule has 0 saturated carbocycles. The second-order valence-electron chi connectivity index (χ2n) is 4.64. The van der Waals surface area contributed by atoms with Crippen LogP contribution in [0.5, 0.6) is 0 Å². The molecule has 1 aromatic rings. The number of nitrogens with one attached hydrogen (secondary N) is 1. The molecule has 1 unspecified atom stereocenters. The lowest BCUT2D eigenvalue weighted by Crippen LogP contribution is -2.39. The van der Waals surface area contributed by atoms with Crippen LogP contribution in [-0.4, -0.2) is 29.2 Å². The average Bonchev–Trinajstić information content (AvgIpc) is 2.80. The minimum atomic E-state index is -1.01. The Labute approximate surface area is 119 Å². The van der Waals surface area contributed by atoms with Gasteiger partial charge in [0.1, 0.15) is 5.60 Å². The van der Waals surface area contributed by atoms with Gasteiger partial charge in [-0.1, -0.05) is 0 Å². The van der Waals surface area contributed by atoms with Crippen LogP contribution >= 0.6 is 15.9 Å². The van der Waals surface area contributed by atoms with E-state index in [9.17, 15) is 9.59 Å². The zero-order valence-corrected chi connectivity index (χ0v) is 12.0. The van der Waals surface area contributed by atoms with Gasteiger partial charge in [0.25, 0.3) is 5.91 Å². The molecule has 5 nitrogen and oxygen atoms in total. The smallest absolute Gasteiger partial charge is 0.335 e. The lowest BCUT2D eigenvalue weighted by atomic mass is 10.0. The fourth-order valence-electron chi connectivity index (χ4n) is 1.96. The van der Waals surface area contributed by atoms with Crippen LogP contribution in [0.1, 0.15) is 30.1 Å². The molecule has 102 valence electrons. The average molecular weight is 328 g/mol. The lowest BCUT2D eigenvalue weighted by molar-refractivity contribution is -0.133. The van der Waals surface area contributed by atoms with E-state index in [2.05, 4.69) is 21.2 Å². The van der Waals surface area contributed by atoms with Crippen molar-refractivity contribution < 1.29 is 19.4 Å². The Bertz CT molecular complexity index is 523. The summed E-state index contributed by atoms with van der Waals surface area (Å²) < 4.78 is 5.98. The third-order valence-electron chi connectivity index (χ3n) is 3.16. The molecule has 6 heteroatoms. The number of halogens is 1. The number of amides is 1. The van der Waals surface area contributed by atoms with Crippen LogP contribution in [0.15, 0.2) is 22.7 Å². The van der Waals surface area contributed by atoms with Crippen molar-refractivity contribution in [2.24, 2.45) is 0 Å². The number of benzene rings is 1. The van der Waals surface area contributed by atoms with Gasteiger partial charge < -0.3 is 15.2 Å². The van der Waals surface area contributed by atoms with Crippen molar-refractivity contribution >= 4 is 33.5 Å². The number of anilines is 1. The highest BCUT2D eigenvalue weighted by Gasteiger charge is 2.37. The summed E-state index contributed by atoms with van der Waals surface area (Å²) in [4.78, 5) is 23.0. The standard InChI is InChI=1S/C13H14BrNO4/c1-13(5-2-6-19-13)12(18)15-10-4-3-8(11(16)17)7-9(10)14/h3-4,7H,2,5-6H2,1H3,(H,15,18)(H,16,17). The largest absolute Gasteiger partial charge is 0.478 e. The molecular weight excluding hydrogens is 314 g/mol. The monoisotopic (exact) mass is 327 g/mol. The molecule has 0 aliphatic carbocycles. The summed E-state index contributed by atoms with van der Waals surface area (Å²) >= 11 is 3.25. The molecule has 2 N–H and O–H groups in total. The lowest BCUT2D eigenvalue weighted by Gasteiger charge is -2.22. The van der Waals surface area contributed by atoms with Crippen LogP contribution in [0.4, 0.5) is 5.69 Å². The Morgan fingerprint density at radius 3 is 2.74 bits per heavy atom. The number of aromatic carboxylic acids is 1.